The molecule has 0 radical (unpaired) electrons. The highest BCUT2D eigenvalue weighted by molar-refractivity contribution is 5.85. The molecule has 0 aliphatic rings. The first-order chi connectivity index (χ1) is 10.5. The van der Waals surface area contributed by atoms with Crippen molar-refractivity contribution < 1.29 is 9.53 Å². The van der Waals surface area contributed by atoms with Crippen LogP contribution in [0.1, 0.15) is 51.5 Å². The minimum Gasteiger partial charge on any atom is -0.497 e. The van der Waals surface area contributed by atoms with Crippen LogP contribution >= 0.6 is 12.4 Å². The molecule has 0 aliphatic carbocycles. The molecular formula is C18H31ClN2O2. The highest BCUT2D eigenvalue weighted by Crippen LogP contribution is 2.24. The summed E-state index contributed by atoms with van der Waals surface area (Å²) < 4.78 is 5.17. The van der Waals surface area contributed by atoms with Crippen molar-refractivity contribution in [3.05, 3.63) is 29.8 Å². The molecule has 0 unspecified atom stereocenters. The van der Waals surface area contributed by atoms with Crippen LogP contribution in [0, 0.1) is 0 Å². The largest absolute Gasteiger partial charge is 0.497 e. The summed E-state index contributed by atoms with van der Waals surface area (Å²) >= 11 is 0. The molecule has 1 rings (SSSR count). The van der Waals surface area contributed by atoms with Crippen molar-refractivity contribution in [2.24, 2.45) is 5.73 Å². The number of amides is 1. The molecule has 3 N–H and O–H groups in total. The van der Waals surface area contributed by atoms with Crippen LogP contribution in [0.2, 0.25) is 0 Å². The fourth-order valence-electron chi connectivity index (χ4n) is 2.34. The molecule has 0 fully saturated rings. The third-order valence-electron chi connectivity index (χ3n) is 3.96. The van der Waals surface area contributed by atoms with Crippen LogP contribution in [0.15, 0.2) is 24.3 Å². The third kappa shape index (κ3) is 8.24. The van der Waals surface area contributed by atoms with Gasteiger partial charge in [0.05, 0.1) is 7.11 Å². The summed E-state index contributed by atoms with van der Waals surface area (Å²) in [6.45, 7) is 5.65. The molecule has 1 amide bonds. The van der Waals surface area contributed by atoms with Gasteiger partial charge in [-0.15, -0.1) is 12.4 Å². The molecule has 132 valence electrons. The standard InChI is InChI=1S/C18H30N2O2.ClH/c1-18(2,15-9-11-16(22-3)12-10-15)14-20-17(21)8-6-4-5-7-13-19;/h9-12H,4-8,13-14,19H2,1-3H3,(H,20,21);1H. The van der Waals surface area contributed by atoms with Gasteiger partial charge in [-0.25, -0.2) is 0 Å². The predicted octanol–water partition coefficient (Wildman–Crippen LogP) is 3.42. The number of benzene rings is 1. The van der Waals surface area contributed by atoms with E-state index in [0.717, 1.165) is 38.0 Å². The first-order valence-corrected chi connectivity index (χ1v) is 8.11. The maximum absolute atomic E-state index is 11.9. The molecule has 4 nitrogen and oxygen atoms in total. The summed E-state index contributed by atoms with van der Waals surface area (Å²) in [5.74, 6) is 0.982. The minimum absolute atomic E-state index is 0. The normalized spacial score (nSPS) is 10.8. The van der Waals surface area contributed by atoms with E-state index in [1.54, 1.807) is 7.11 Å². The zero-order valence-electron chi connectivity index (χ0n) is 14.6. The summed E-state index contributed by atoms with van der Waals surface area (Å²) in [6, 6.07) is 8.02. The Bertz CT molecular complexity index is 447. The van der Waals surface area contributed by atoms with Gasteiger partial charge in [-0.05, 0) is 37.1 Å². The van der Waals surface area contributed by atoms with Gasteiger partial charge in [0.25, 0.3) is 0 Å². The summed E-state index contributed by atoms with van der Waals surface area (Å²) in [7, 11) is 1.66. The van der Waals surface area contributed by atoms with Gasteiger partial charge in [-0.3, -0.25) is 4.79 Å². The van der Waals surface area contributed by atoms with Gasteiger partial charge in [0.1, 0.15) is 5.75 Å². The van der Waals surface area contributed by atoms with Crippen LogP contribution in [0.3, 0.4) is 0 Å². The second-order valence-electron chi connectivity index (χ2n) is 6.34. The van der Waals surface area contributed by atoms with E-state index in [1.165, 1.54) is 5.56 Å². The number of rotatable bonds is 10. The summed E-state index contributed by atoms with van der Waals surface area (Å²) in [5, 5.41) is 3.05. The summed E-state index contributed by atoms with van der Waals surface area (Å²) in [5.41, 5.74) is 6.55. The first-order valence-electron chi connectivity index (χ1n) is 8.11. The van der Waals surface area contributed by atoms with Crippen LogP contribution in [-0.4, -0.2) is 26.1 Å². The van der Waals surface area contributed by atoms with Gasteiger partial charge in [0.15, 0.2) is 0 Å². The van der Waals surface area contributed by atoms with Crippen molar-refractivity contribution in [1.29, 1.82) is 0 Å². The predicted molar refractivity (Wildman–Crippen MR) is 98.4 cm³/mol. The van der Waals surface area contributed by atoms with E-state index in [2.05, 4.69) is 31.3 Å². The van der Waals surface area contributed by atoms with Crippen molar-refractivity contribution in [3.63, 3.8) is 0 Å². The van der Waals surface area contributed by atoms with Gasteiger partial charge in [0.2, 0.25) is 5.91 Å². The lowest BCUT2D eigenvalue weighted by Crippen LogP contribution is -2.36. The van der Waals surface area contributed by atoms with Crippen LogP contribution in [-0.2, 0) is 10.2 Å². The van der Waals surface area contributed by atoms with Crippen LogP contribution in [0.5, 0.6) is 5.75 Å². The van der Waals surface area contributed by atoms with Crippen LogP contribution in [0.25, 0.3) is 0 Å². The molecule has 0 atom stereocenters. The molecular weight excluding hydrogens is 312 g/mol. The fraction of sp³-hybridized carbons (Fsp3) is 0.611. The van der Waals surface area contributed by atoms with E-state index in [-0.39, 0.29) is 23.7 Å². The van der Waals surface area contributed by atoms with Gasteiger partial charge < -0.3 is 15.8 Å². The molecule has 0 heterocycles. The Labute approximate surface area is 146 Å². The van der Waals surface area contributed by atoms with Gasteiger partial charge in [-0.2, -0.15) is 0 Å². The van der Waals surface area contributed by atoms with Crippen molar-refractivity contribution >= 4 is 18.3 Å². The first kappa shape index (κ1) is 21.7. The van der Waals surface area contributed by atoms with E-state index < -0.39 is 0 Å². The maximum atomic E-state index is 11.9. The Kier molecular flexibility index (Phi) is 10.7. The second-order valence-corrected chi connectivity index (χ2v) is 6.34. The smallest absolute Gasteiger partial charge is 0.220 e. The van der Waals surface area contributed by atoms with Gasteiger partial charge in [-0.1, -0.05) is 38.8 Å². The molecule has 0 aromatic heterocycles. The average Bonchev–Trinajstić information content (AvgIpc) is 2.53. The minimum atomic E-state index is -0.0958. The molecule has 5 heteroatoms. The number of carbonyl (C=O) groups excluding carboxylic acids is 1. The number of hydrogen-bond acceptors (Lipinski definition) is 3. The number of nitrogens with two attached hydrogens (primary N) is 1. The van der Waals surface area contributed by atoms with E-state index >= 15 is 0 Å². The van der Waals surface area contributed by atoms with Crippen LogP contribution < -0.4 is 15.8 Å². The third-order valence-corrected chi connectivity index (χ3v) is 3.96. The Morgan fingerprint density at radius 2 is 1.74 bits per heavy atom. The van der Waals surface area contributed by atoms with Crippen molar-refractivity contribution in [2.75, 3.05) is 20.2 Å². The number of halogens is 1. The highest BCUT2D eigenvalue weighted by atomic mass is 35.5. The number of nitrogens with one attached hydrogen (secondary N) is 1. The van der Waals surface area contributed by atoms with E-state index in [1.807, 2.05) is 12.1 Å². The number of methoxy groups -OCH3 is 1. The number of ether oxygens (including phenoxy) is 1. The molecule has 23 heavy (non-hydrogen) atoms. The lowest BCUT2D eigenvalue weighted by atomic mass is 9.84. The summed E-state index contributed by atoms with van der Waals surface area (Å²) in [4.78, 5) is 11.9. The Balaban J connectivity index is 0.00000484. The fourth-order valence-corrected chi connectivity index (χ4v) is 2.34. The van der Waals surface area contributed by atoms with Crippen molar-refractivity contribution in [1.82, 2.24) is 5.32 Å². The van der Waals surface area contributed by atoms with E-state index in [9.17, 15) is 4.79 Å². The lowest BCUT2D eigenvalue weighted by Gasteiger charge is -2.26. The van der Waals surface area contributed by atoms with E-state index in [0.29, 0.717) is 13.0 Å². The maximum Gasteiger partial charge on any atom is 0.220 e. The number of carbonyl (C=O) groups is 1. The molecule has 0 saturated carbocycles. The molecule has 1 aromatic rings. The Hall–Kier alpha value is -1.26. The Morgan fingerprint density at radius 3 is 2.30 bits per heavy atom. The molecule has 0 bridgehead atoms. The topological polar surface area (TPSA) is 64.3 Å². The zero-order chi connectivity index (χ0) is 16.4. The lowest BCUT2D eigenvalue weighted by molar-refractivity contribution is -0.121. The molecule has 0 spiro atoms. The zero-order valence-corrected chi connectivity index (χ0v) is 15.4. The second kappa shape index (κ2) is 11.3. The number of unbranched alkanes of at least 4 members (excludes halogenated alkanes) is 3. The summed E-state index contributed by atoms with van der Waals surface area (Å²) in [6.07, 6.45) is 4.78. The molecule has 0 aliphatic heterocycles. The van der Waals surface area contributed by atoms with Crippen molar-refractivity contribution in [3.8, 4) is 5.75 Å². The molecule has 1 aromatic carbocycles. The van der Waals surface area contributed by atoms with Crippen molar-refractivity contribution in [2.45, 2.75) is 51.4 Å². The van der Waals surface area contributed by atoms with Gasteiger partial charge in [0, 0.05) is 18.4 Å². The molecule has 0 saturated heterocycles. The Morgan fingerprint density at radius 1 is 1.13 bits per heavy atom. The SMILES string of the molecule is COc1ccc(C(C)(C)CNC(=O)CCCCCCN)cc1.Cl. The average molecular weight is 343 g/mol. The van der Waals surface area contributed by atoms with Crippen LogP contribution in [0.4, 0.5) is 0 Å². The van der Waals surface area contributed by atoms with E-state index in [4.69, 9.17) is 10.5 Å². The monoisotopic (exact) mass is 342 g/mol. The number of hydrogen-bond donors (Lipinski definition) is 2. The quantitative estimate of drug-likeness (QED) is 0.640. The van der Waals surface area contributed by atoms with Gasteiger partial charge >= 0.3 is 0 Å². The highest BCUT2D eigenvalue weighted by Gasteiger charge is 2.21.